The van der Waals surface area contributed by atoms with Crippen molar-refractivity contribution in [1.29, 1.82) is 0 Å². The molecule has 0 unspecified atom stereocenters. The van der Waals surface area contributed by atoms with Crippen LogP contribution in [0.1, 0.15) is 32.2 Å². The minimum atomic E-state index is 0.822. The molecular weight excluding hydrogens is 248 g/mol. The van der Waals surface area contributed by atoms with Crippen LogP contribution in [-0.4, -0.2) is 16.5 Å². The molecule has 0 fully saturated rings. The van der Waals surface area contributed by atoms with E-state index in [1.807, 2.05) is 6.07 Å². The Morgan fingerprint density at radius 2 is 1.75 bits per heavy atom. The molecule has 1 aromatic heterocycles. The van der Waals surface area contributed by atoms with Gasteiger partial charge in [0.05, 0.1) is 0 Å². The summed E-state index contributed by atoms with van der Waals surface area (Å²) in [5, 5.41) is 6.60. The van der Waals surface area contributed by atoms with Crippen molar-refractivity contribution in [2.24, 2.45) is 0 Å². The Balaban J connectivity index is 2.24. The monoisotopic (exact) mass is 270 g/mol. The lowest BCUT2D eigenvalue weighted by atomic mass is 10.1. The molecule has 0 aliphatic carbocycles. The third-order valence-corrected chi connectivity index (χ3v) is 3.05. The summed E-state index contributed by atoms with van der Waals surface area (Å²) >= 11 is 0. The first-order chi connectivity index (χ1) is 9.75. The highest BCUT2D eigenvalue weighted by atomic mass is 15.1. The van der Waals surface area contributed by atoms with E-state index in [9.17, 15) is 0 Å². The van der Waals surface area contributed by atoms with Gasteiger partial charge in [-0.15, -0.1) is 0 Å². The van der Waals surface area contributed by atoms with Gasteiger partial charge in [0.15, 0.2) is 0 Å². The molecule has 0 atom stereocenters. The molecule has 0 saturated heterocycles. The second kappa shape index (κ2) is 6.89. The molecule has 4 nitrogen and oxygen atoms in total. The van der Waals surface area contributed by atoms with Gasteiger partial charge < -0.3 is 10.6 Å². The van der Waals surface area contributed by atoms with Crippen LogP contribution in [0.15, 0.2) is 30.3 Å². The molecular formula is C16H22N4. The maximum Gasteiger partial charge on any atom is 0.136 e. The van der Waals surface area contributed by atoms with Crippen molar-refractivity contribution in [2.75, 3.05) is 17.2 Å². The average molecular weight is 270 g/mol. The number of hydrogen-bond donors (Lipinski definition) is 2. The summed E-state index contributed by atoms with van der Waals surface area (Å²) in [6, 6.07) is 10.3. The average Bonchev–Trinajstić information content (AvgIpc) is 2.47. The van der Waals surface area contributed by atoms with Crippen LogP contribution in [0.4, 0.5) is 17.3 Å². The summed E-state index contributed by atoms with van der Waals surface area (Å²) in [6.07, 6.45) is 1.85. The number of nitrogens with zero attached hydrogens (tertiary/aromatic N) is 2. The Bertz CT molecular complexity index is 566. The van der Waals surface area contributed by atoms with E-state index in [2.05, 4.69) is 65.6 Å². The number of aromatic nitrogens is 2. The van der Waals surface area contributed by atoms with Gasteiger partial charge in [-0.25, -0.2) is 9.97 Å². The summed E-state index contributed by atoms with van der Waals surface area (Å²) in [4.78, 5) is 8.98. The van der Waals surface area contributed by atoms with Gasteiger partial charge in [-0.3, -0.25) is 0 Å². The zero-order valence-corrected chi connectivity index (χ0v) is 12.4. The summed E-state index contributed by atoms with van der Waals surface area (Å²) in [6.45, 7) is 7.13. The summed E-state index contributed by atoms with van der Waals surface area (Å²) in [5.41, 5.74) is 2.37. The molecule has 0 aliphatic rings. The van der Waals surface area contributed by atoms with Gasteiger partial charge in [-0.05, 0) is 31.0 Å². The second-order valence-corrected chi connectivity index (χ2v) is 4.62. The topological polar surface area (TPSA) is 49.8 Å². The number of hydrogen-bond acceptors (Lipinski definition) is 4. The minimum absolute atomic E-state index is 0.822. The van der Waals surface area contributed by atoms with Crippen molar-refractivity contribution in [3.05, 3.63) is 41.7 Å². The van der Waals surface area contributed by atoms with Crippen molar-refractivity contribution in [2.45, 2.75) is 33.6 Å². The lowest BCUT2D eigenvalue weighted by molar-refractivity contribution is 0.939. The number of aryl methyl sites for hydroxylation is 2. The van der Waals surface area contributed by atoms with Crippen LogP contribution in [0.2, 0.25) is 0 Å². The van der Waals surface area contributed by atoms with Crippen LogP contribution in [-0.2, 0) is 12.8 Å². The maximum absolute atomic E-state index is 4.52. The van der Waals surface area contributed by atoms with E-state index in [-0.39, 0.29) is 0 Å². The maximum atomic E-state index is 4.52. The molecule has 0 amide bonds. The molecule has 2 rings (SSSR count). The van der Waals surface area contributed by atoms with E-state index in [0.717, 1.165) is 42.5 Å². The highest BCUT2D eigenvalue weighted by Crippen LogP contribution is 2.19. The van der Waals surface area contributed by atoms with Gasteiger partial charge in [-0.2, -0.15) is 0 Å². The van der Waals surface area contributed by atoms with Crippen molar-refractivity contribution >= 4 is 17.3 Å². The first kappa shape index (κ1) is 14.3. The first-order valence-corrected chi connectivity index (χ1v) is 7.23. The van der Waals surface area contributed by atoms with E-state index < -0.39 is 0 Å². The lowest BCUT2D eigenvalue weighted by Gasteiger charge is -2.10. The predicted octanol–water partition coefficient (Wildman–Crippen LogP) is 3.78. The van der Waals surface area contributed by atoms with Crippen LogP contribution in [0.5, 0.6) is 0 Å². The second-order valence-electron chi connectivity index (χ2n) is 4.62. The van der Waals surface area contributed by atoms with Gasteiger partial charge in [0.1, 0.15) is 17.5 Å². The Morgan fingerprint density at radius 1 is 0.950 bits per heavy atom. The van der Waals surface area contributed by atoms with E-state index in [1.165, 1.54) is 5.56 Å². The molecule has 1 aromatic carbocycles. The zero-order valence-electron chi connectivity index (χ0n) is 12.4. The molecule has 2 N–H and O–H groups in total. The molecule has 0 radical (unpaired) electrons. The number of anilines is 3. The number of rotatable bonds is 6. The standard InChI is InChI=1S/C16H22N4/c1-4-12-8-7-9-13(10-12)18-16-11-15(17-6-3)19-14(5-2)20-16/h7-11H,4-6H2,1-3H3,(H2,17,18,19,20). The summed E-state index contributed by atoms with van der Waals surface area (Å²) < 4.78 is 0. The van der Waals surface area contributed by atoms with E-state index >= 15 is 0 Å². The fraction of sp³-hybridized carbons (Fsp3) is 0.375. The Hall–Kier alpha value is -2.10. The van der Waals surface area contributed by atoms with Gasteiger partial charge in [0.25, 0.3) is 0 Å². The van der Waals surface area contributed by atoms with Crippen molar-refractivity contribution < 1.29 is 0 Å². The van der Waals surface area contributed by atoms with Crippen LogP contribution in [0.3, 0.4) is 0 Å². The van der Waals surface area contributed by atoms with Crippen LogP contribution in [0.25, 0.3) is 0 Å². The van der Waals surface area contributed by atoms with Gasteiger partial charge in [0.2, 0.25) is 0 Å². The van der Waals surface area contributed by atoms with Gasteiger partial charge in [0, 0.05) is 24.7 Å². The number of nitrogens with one attached hydrogen (secondary N) is 2. The van der Waals surface area contributed by atoms with Crippen molar-refractivity contribution in [3.63, 3.8) is 0 Å². The fourth-order valence-corrected chi connectivity index (χ4v) is 2.01. The van der Waals surface area contributed by atoms with Crippen molar-refractivity contribution in [3.8, 4) is 0 Å². The minimum Gasteiger partial charge on any atom is -0.370 e. The molecule has 0 saturated carbocycles. The van der Waals surface area contributed by atoms with Crippen LogP contribution in [0, 0.1) is 0 Å². The fourth-order valence-electron chi connectivity index (χ4n) is 2.01. The molecule has 0 aliphatic heterocycles. The highest BCUT2D eigenvalue weighted by molar-refractivity contribution is 5.60. The summed E-state index contributed by atoms with van der Waals surface area (Å²) in [7, 11) is 0. The quantitative estimate of drug-likeness (QED) is 0.838. The van der Waals surface area contributed by atoms with Gasteiger partial charge in [-0.1, -0.05) is 26.0 Å². The number of benzene rings is 1. The highest BCUT2D eigenvalue weighted by Gasteiger charge is 2.04. The van der Waals surface area contributed by atoms with Crippen molar-refractivity contribution in [1.82, 2.24) is 9.97 Å². The predicted molar refractivity (Wildman–Crippen MR) is 84.7 cm³/mol. The molecule has 106 valence electrons. The molecule has 0 spiro atoms. The van der Waals surface area contributed by atoms with E-state index in [4.69, 9.17) is 0 Å². The largest absolute Gasteiger partial charge is 0.370 e. The summed E-state index contributed by atoms with van der Waals surface area (Å²) in [5.74, 6) is 2.55. The molecule has 0 bridgehead atoms. The Kier molecular flexibility index (Phi) is 4.93. The first-order valence-electron chi connectivity index (χ1n) is 7.23. The SMILES string of the molecule is CCNc1cc(Nc2cccc(CC)c2)nc(CC)n1. The molecule has 2 aromatic rings. The molecule has 1 heterocycles. The van der Waals surface area contributed by atoms with Crippen LogP contribution < -0.4 is 10.6 Å². The van der Waals surface area contributed by atoms with Crippen LogP contribution >= 0.6 is 0 Å². The van der Waals surface area contributed by atoms with Gasteiger partial charge >= 0.3 is 0 Å². The third-order valence-electron chi connectivity index (χ3n) is 3.05. The van der Waals surface area contributed by atoms with E-state index in [1.54, 1.807) is 0 Å². The Labute approximate surface area is 120 Å². The van der Waals surface area contributed by atoms with E-state index in [0.29, 0.717) is 0 Å². The lowest BCUT2D eigenvalue weighted by Crippen LogP contribution is -2.05. The third kappa shape index (κ3) is 3.70. The zero-order chi connectivity index (χ0) is 14.4. The Morgan fingerprint density at radius 3 is 2.45 bits per heavy atom. The normalized spacial score (nSPS) is 10.3. The smallest absolute Gasteiger partial charge is 0.136 e. The molecule has 4 heteroatoms. The molecule has 20 heavy (non-hydrogen) atoms.